The predicted molar refractivity (Wildman–Crippen MR) is 94.4 cm³/mol. The average Bonchev–Trinajstić information content (AvgIpc) is 2.61. The molecule has 0 unspecified atom stereocenters. The Morgan fingerprint density at radius 2 is 1.75 bits per heavy atom. The van der Waals surface area contributed by atoms with E-state index in [1.54, 1.807) is 49.7 Å². The van der Waals surface area contributed by atoms with E-state index in [1.807, 2.05) is 0 Å². The van der Waals surface area contributed by atoms with Crippen LogP contribution in [0.2, 0.25) is 0 Å². The van der Waals surface area contributed by atoms with Crippen LogP contribution in [-0.4, -0.2) is 23.9 Å². The van der Waals surface area contributed by atoms with Crippen molar-refractivity contribution >= 4 is 16.8 Å². The molecule has 3 aromatic rings. The van der Waals surface area contributed by atoms with Gasteiger partial charge in [-0.15, -0.1) is 0 Å². The number of nitrogens with zero attached hydrogens (tertiary/aromatic N) is 1. The number of fused-ring (bicyclic) bond motifs is 1. The summed E-state index contributed by atoms with van der Waals surface area (Å²) in [6, 6.07) is 10.2. The van der Waals surface area contributed by atoms with Gasteiger partial charge in [0.25, 0.3) is 5.56 Å². The van der Waals surface area contributed by atoms with E-state index in [0.717, 1.165) is 5.56 Å². The first-order chi connectivity index (χ1) is 11.6. The van der Waals surface area contributed by atoms with E-state index >= 15 is 0 Å². The summed E-state index contributed by atoms with van der Waals surface area (Å²) in [7, 11) is 3.09. The lowest BCUT2D eigenvalue weighted by atomic mass is 10.1. The fourth-order valence-electron chi connectivity index (χ4n) is 2.66. The summed E-state index contributed by atoms with van der Waals surface area (Å²) in [6.45, 7) is 3.80. The first-order valence-electron chi connectivity index (χ1n) is 7.32. The first kappa shape index (κ1) is 15.7. The van der Waals surface area contributed by atoms with Crippen molar-refractivity contribution in [2.24, 2.45) is 0 Å². The number of phenols is 1. The Kier molecular flexibility index (Phi) is 4.00. The Balaban J connectivity index is 2.34. The molecule has 2 aromatic carbocycles. The fourth-order valence-corrected chi connectivity index (χ4v) is 2.66. The van der Waals surface area contributed by atoms with Gasteiger partial charge in [0.1, 0.15) is 17.2 Å². The molecule has 0 aliphatic heterocycles. The zero-order valence-corrected chi connectivity index (χ0v) is 13.4. The number of rotatable bonds is 4. The van der Waals surface area contributed by atoms with Crippen molar-refractivity contribution < 1.29 is 14.6 Å². The second kappa shape index (κ2) is 6.12. The Bertz CT molecular complexity index is 971. The van der Waals surface area contributed by atoms with E-state index in [9.17, 15) is 9.90 Å². The molecule has 0 radical (unpaired) electrons. The van der Waals surface area contributed by atoms with Crippen molar-refractivity contribution in [2.45, 2.75) is 0 Å². The van der Waals surface area contributed by atoms with E-state index in [1.165, 1.54) is 17.7 Å². The van der Waals surface area contributed by atoms with E-state index < -0.39 is 0 Å². The van der Waals surface area contributed by atoms with Gasteiger partial charge in [-0.25, -0.2) is 0 Å². The van der Waals surface area contributed by atoms with Crippen molar-refractivity contribution in [3.05, 3.63) is 65.1 Å². The molecular formula is C19H17NO4. The SMILES string of the molecule is C=Cc1cn(-c2ccc(OC)cc2)c(=O)c2c(O)cc(OC)cc12. The second-order valence-corrected chi connectivity index (χ2v) is 5.23. The molecule has 5 nitrogen and oxygen atoms in total. The van der Waals surface area contributed by atoms with Crippen LogP contribution in [0.25, 0.3) is 22.5 Å². The maximum Gasteiger partial charge on any atom is 0.266 e. The number of ether oxygens (including phenoxy) is 2. The zero-order chi connectivity index (χ0) is 17.3. The van der Waals surface area contributed by atoms with Gasteiger partial charge in [0, 0.05) is 23.3 Å². The van der Waals surface area contributed by atoms with E-state index in [0.29, 0.717) is 22.6 Å². The molecular weight excluding hydrogens is 306 g/mol. The maximum absolute atomic E-state index is 12.9. The van der Waals surface area contributed by atoms with Crippen molar-refractivity contribution in [1.82, 2.24) is 4.57 Å². The van der Waals surface area contributed by atoms with Crippen LogP contribution in [0.4, 0.5) is 0 Å². The number of hydrogen-bond donors (Lipinski definition) is 1. The Hall–Kier alpha value is -3.21. The van der Waals surface area contributed by atoms with E-state index in [2.05, 4.69) is 6.58 Å². The standard InChI is InChI=1S/C19H17NO4/c1-4-12-11-20(13-5-7-14(23-2)8-6-13)19(22)18-16(12)9-15(24-3)10-17(18)21/h4-11,21H,1H2,2-3H3. The molecule has 0 saturated carbocycles. The van der Waals surface area contributed by atoms with Crippen LogP contribution in [0, 0.1) is 0 Å². The lowest BCUT2D eigenvalue weighted by molar-refractivity contribution is 0.409. The normalized spacial score (nSPS) is 10.6. The Morgan fingerprint density at radius 3 is 2.33 bits per heavy atom. The van der Waals surface area contributed by atoms with Crippen molar-refractivity contribution in [3.8, 4) is 22.9 Å². The summed E-state index contributed by atoms with van der Waals surface area (Å²) < 4.78 is 11.8. The summed E-state index contributed by atoms with van der Waals surface area (Å²) in [6.07, 6.45) is 3.33. The first-order valence-corrected chi connectivity index (χ1v) is 7.32. The molecule has 5 heteroatoms. The molecule has 0 atom stereocenters. The van der Waals surface area contributed by atoms with Crippen molar-refractivity contribution in [3.63, 3.8) is 0 Å². The predicted octanol–water partition coefficient (Wildman–Crippen LogP) is 3.36. The van der Waals surface area contributed by atoms with Gasteiger partial charge in [0.2, 0.25) is 0 Å². The van der Waals surface area contributed by atoms with Crippen LogP contribution < -0.4 is 15.0 Å². The topological polar surface area (TPSA) is 60.7 Å². The highest BCUT2D eigenvalue weighted by Gasteiger charge is 2.14. The third-order valence-corrected chi connectivity index (χ3v) is 3.91. The maximum atomic E-state index is 12.9. The van der Waals surface area contributed by atoms with Gasteiger partial charge in [0.15, 0.2) is 0 Å². The third-order valence-electron chi connectivity index (χ3n) is 3.91. The lowest BCUT2D eigenvalue weighted by Gasteiger charge is -2.13. The lowest BCUT2D eigenvalue weighted by Crippen LogP contribution is -2.18. The Morgan fingerprint density at radius 1 is 1.08 bits per heavy atom. The second-order valence-electron chi connectivity index (χ2n) is 5.23. The van der Waals surface area contributed by atoms with Gasteiger partial charge in [-0.2, -0.15) is 0 Å². The highest BCUT2D eigenvalue weighted by molar-refractivity contribution is 5.95. The summed E-state index contributed by atoms with van der Waals surface area (Å²) in [5.74, 6) is 1.05. The molecule has 0 saturated heterocycles. The molecule has 0 amide bonds. The van der Waals surface area contributed by atoms with Crippen molar-refractivity contribution in [1.29, 1.82) is 0 Å². The minimum Gasteiger partial charge on any atom is -0.507 e. The molecule has 24 heavy (non-hydrogen) atoms. The molecule has 0 spiro atoms. The molecule has 0 aliphatic carbocycles. The molecule has 0 aliphatic rings. The summed E-state index contributed by atoms with van der Waals surface area (Å²) in [5, 5.41) is 11.1. The number of aromatic nitrogens is 1. The summed E-state index contributed by atoms with van der Waals surface area (Å²) in [4.78, 5) is 12.9. The molecule has 1 N–H and O–H groups in total. The van der Waals surface area contributed by atoms with Gasteiger partial charge in [0.05, 0.1) is 19.6 Å². The highest BCUT2D eigenvalue weighted by Crippen LogP contribution is 2.31. The van der Waals surface area contributed by atoms with Crippen LogP contribution in [0.15, 0.2) is 54.0 Å². The van der Waals surface area contributed by atoms with Crippen molar-refractivity contribution in [2.75, 3.05) is 14.2 Å². The average molecular weight is 323 g/mol. The zero-order valence-electron chi connectivity index (χ0n) is 13.4. The number of phenolic OH excluding ortho intramolecular Hbond substituents is 1. The van der Waals surface area contributed by atoms with E-state index in [-0.39, 0.29) is 16.7 Å². The number of pyridine rings is 1. The Labute approximate surface area is 139 Å². The molecule has 122 valence electrons. The number of hydrogen-bond acceptors (Lipinski definition) is 4. The van der Waals surface area contributed by atoms with Crippen LogP contribution >= 0.6 is 0 Å². The minimum atomic E-state index is -0.319. The highest BCUT2D eigenvalue weighted by atomic mass is 16.5. The van der Waals surface area contributed by atoms with Gasteiger partial charge in [-0.05, 0) is 35.9 Å². The quantitative estimate of drug-likeness (QED) is 0.800. The molecule has 0 fully saturated rings. The number of methoxy groups -OCH3 is 2. The number of benzene rings is 2. The van der Waals surface area contributed by atoms with Crippen LogP contribution in [0.3, 0.4) is 0 Å². The minimum absolute atomic E-state index is 0.125. The molecule has 1 aromatic heterocycles. The summed E-state index contributed by atoms with van der Waals surface area (Å²) >= 11 is 0. The van der Waals surface area contributed by atoms with Gasteiger partial charge in [-0.1, -0.05) is 12.7 Å². The third kappa shape index (κ3) is 2.50. The fraction of sp³-hybridized carbons (Fsp3) is 0.105. The van der Waals surface area contributed by atoms with Crippen LogP contribution in [-0.2, 0) is 0 Å². The largest absolute Gasteiger partial charge is 0.507 e. The molecule has 3 rings (SSSR count). The van der Waals surface area contributed by atoms with Gasteiger partial charge >= 0.3 is 0 Å². The van der Waals surface area contributed by atoms with Crippen LogP contribution in [0.1, 0.15) is 5.56 Å². The van der Waals surface area contributed by atoms with Gasteiger partial charge < -0.3 is 14.6 Å². The smallest absolute Gasteiger partial charge is 0.266 e. The van der Waals surface area contributed by atoms with Crippen LogP contribution in [0.5, 0.6) is 17.2 Å². The molecule has 1 heterocycles. The molecule has 0 bridgehead atoms. The number of aromatic hydroxyl groups is 1. The summed E-state index contributed by atoms with van der Waals surface area (Å²) in [5.41, 5.74) is 1.07. The van der Waals surface area contributed by atoms with Gasteiger partial charge in [-0.3, -0.25) is 9.36 Å². The monoisotopic (exact) mass is 323 g/mol. The van der Waals surface area contributed by atoms with E-state index in [4.69, 9.17) is 9.47 Å².